The highest BCUT2D eigenvalue weighted by Gasteiger charge is 2.29. The molecule has 0 radical (unpaired) electrons. The fourth-order valence-corrected chi connectivity index (χ4v) is 2.30. The van der Waals surface area contributed by atoms with Gasteiger partial charge in [-0.1, -0.05) is 42.5 Å². The lowest BCUT2D eigenvalue weighted by Crippen LogP contribution is -2.05. The first-order chi connectivity index (χ1) is 9.25. The zero-order chi connectivity index (χ0) is 13.2. The Kier molecular flexibility index (Phi) is 2.76. The van der Waals surface area contributed by atoms with Gasteiger partial charge in [-0.3, -0.25) is 10.1 Å². The van der Waals surface area contributed by atoms with Crippen molar-refractivity contribution in [3.63, 3.8) is 0 Å². The normalized spacial score (nSPS) is 13.3. The van der Waals surface area contributed by atoms with Gasteiger partial charge in [0.1, 0.15) is 5.70 Å². The molecule has 4 heteroatoms. The van der Waals surface area contributed by atoms with Crippen molar-refractivity contribution in [3.8, 4) is 0 Å². The quantitative estimate of drug-likeness (QED) is 0.673. The van der Waals surface area contributed by atoms with Crippen molar-refractivity contribution < 1.29 is 4.92 Å². The fraction of sp³-hybridized carbons (Fsp3) is 0.0667. The molecule has 94 valence electrons. The van der Waals surface area contributed by atoms with Gasteiger partial charge < -0.3 is 5.32 Å². The largest absolute Gasteiger partial charge is 0.350 e. The summed E-state index contributed by atoms with van der Waals surface area (Å²) in [5, 5.41) is 14.3. The van der Waals surface area contributed by atoms with Crippen LogP contribution in [0.25, 0.3) is 5.70 Å². The first-order valence-corrected chi connectivity index (χ1v) is 6.03. The van der Waals surface area contributed by atoms with Gasteiger partial charge in [-0.25, -0.2) is 0 Å². The molecule has 0 fully saturated rings. The second kappa shape index (κ2) is 4.57. The lowest BCUT2D eigenvalue weighted by molar-refractivity contribution is -0.425. The molecule has 0 heterocycles. The van der Waals surface area contributed by atoms with Crippen molar-refractivity contribution in [1.29, 1.82) is 0 Å². The molecule has 0 aliphatic heterocycles. The van der Waals surface area contributed by atoms with E-state index in [0.717, 1.165) is 16.8 Å². The molecule has 19 heavy (non-hydrogen) atoms. The minimum atomic E-state index is -0.300. The molecule has 0 atom stereocenters. The van der Waals surface area contributed by atoms with Crippen LogP contribution in [0.5, 0.6) is 0 Å². The van der Waals surface area contributed by atoms with Crippen LogP contribution in [0.1, 0.15) is 11.1 Å². The van der Waals surface area contributed by atoms with E-state index in [1.54, 1.807) is 0 Å². The average Bonchev–Trinajstić information content (AvgIpc) is 2.79. The lowest BCUT2D eigenvalue weighted by Gasteiger charge is -2.08. The van der Waals surface area contributed by atoms with Crippen LogP contribution in [0.3, 0.4) is 0 Å². The summed E-state index contributed by atoms with van der Waals surface area (Å²) < 4.78 is 0. The third-order valence-corrected chi connectivity index (χ3v) is 3.20. The average molecular weight is 252 g/mol. The van der Waals surface area contributed by atoms with E-state index in [9.17, 15) is 10.1 Å². The van der Waals surface area contributed by atoms with Crippen LogP contribution in [0.4, 0.5) is 5.69 Å². The zero-order valence-electron chi connectivity index (χ0n) is 10.2. The molecular weight excluding hydrogens is 240 g/mol. The molecule has 0 saturated heterocycles. The summed E-state index contributed by atoms with van der Waals surface area (Å²) in [5.41, 5.74) is 3.59. The Balaban J connectivity index is 2.04. The molecule has 1 aliphatic rings. The predicted molar refractivity (Wildman–Crippen MR) is 74.1 cm³/mol. The Morgan fingerprint density at radius 2 is 1.68 bits per heavy atom. The van der Waals surface area contributed by atoms with Crippen molar-refractivity contribution in [3.05, 3.63) is 81.5 Å². The first kappa shape index (κ1) is 11.5. The maximum atomic E-state index is 11.2. The van der Waals surface area contributed by atoms with Gasteiger partial charge in [0.2, 0.25) is 0 Å². The van der Waals surface area contributed by atoms with Crippen molar-refractivity contribution >= 4 is 11.4 Å². The number of anilines is 1. The monoisotopic (exact) mass is 252 g/mol. The molecule has 0 spiro atoms. The number of benzene rings is 2. The maximum absolute atomic E-state index is 11.2. The summed E-state index contributed by atoms with van der Waals surface area (Å²) in [6, 6.07) is 17.1. The van der Waals surface area contributed by atoms with Gasteiger partial charge in [0.15, 0.2) is 0 Å². The van der Waals surface area contributed by atoms with Crippen LogP contribution in [-0.2, 0) is 6.42 Å². The smallest absolute Gasteiger partial charge is 0.274 e. The van der Waals surface area contributed by atoms with Gasteiger partial charge >= 0.3 is 0 Å². The minimum Gasteiger partial charge on any atom is -0.350 e. The molecule has 2 aromatic rings. The Morgan fingerprint density at radius 3 is 2.42 bits per heavy atom. The standard InChI is InChI=1S/C15H12N2O2/c18-17(19)14-10-11-6-4-5-9-13(11)15(14)16-12-7-2-1-3-8-12/h1-9,16H,10H2. The van der Waals surface area contributed by atoms with Crippen LogP contribution in [0.2, 0.25) is 0 Å². The summed E-state index contributed by atoms with van der Waals surface area (Å²) in [5.74, 6) is 0. The summed E-state index contributed by atoms with van der Waals surface area (Å²) >= 11 is 0. The highest BCUT2D eigenvalue weighted by atomic mass is 16.6. The number of rotatable bonds is 3. The number of hydrogen-bond donors (Lipinski definition) is 1. The van der Waals surface area contributed by atoms with Crippen molar-refractivity contribution in [2.24, 2.45) is 0 Å². The van der Waals surface area contributed by atoms with Crippen LogP contribution < -0.4 is 5.32 Å². The SMILES string of the molecule is O=[N+]([O-])C1=C(Nc2ccccc2)c2ccccc2C1. The summed E-state index contributed by atoms with van der Waals surface area (Å²) in [6.45, 7) is 0. The molecule has 4 nitrogen and oxygen atoms in total. The van der Waals surface area contributed by atoms with Gasteiger partial charge in [0, 0.05) is 11.3 Å². The Bertz CT molecular complexity index is 663. The second-order valence-electron chi connectivity index (χ2n) is 4.40. The van der Waals surface area contributed by atoms with Gasteiger partial charge in [-0.15, -0.1) is 0 Å². The van der Waals surface area contributed by atoms with E-state index < -0.39 is 0 Å². The molecular formula is C15H12N2O2. The Labute approximate surface area is 110 Å². The Hall–Kier alpha value is -2.62. The molecule has 1 aliphatic carbocycles. The maximum Gasteiger partial charge on any atom is 0.274 e. The molecule has 0 saturated carbocycles. The van der Waals surface area contributed by atoms with E-state index >= 15 is 0 Å². The van der Waals surface area contributed by atoms with Crippen LogP contribution >= 0.6 is 0 Å². The summed E-state index contributed by atoms with van der Waals surface area (Å²) in [7, 11) is 0. The van der Waals surface area contributed by atoms with Crippen LogP contribution in [0, 0.1) is 10.1 Å². The van der Waals surface area contributed by atoms with Crippen LogP contribution in [0.15, 0.2) is 60.3 Å². The number of fused-ring (bicyclic) bond motifs is 1. The summed E-state index contributed by atoms with van der Waals surface area (Å²) in [4.78, 5) is 10.9. The number of nitro groups is 1. The topological polar surface area (TPSA) is 55.2 Å². The molecule has 3 rings (SSSR count). The number of para-hydroxylation sites is 1. The highest BCUT2D eigenvalue weighted by molar-refractivity contribution is 5.83. The van der Waals surface area contributed by atoms with E-state index in [-0.39, 0.29) is 10.6 Å². The molecule has 2 aromatic carbocycles. The predicted octanol–water partition coefficient (Wildman–Crippen LogP) is 3.30. The van der Waals surface area contributed by atoms with E-state index in [1.807, 2.05) is 54.6 Å². The fourth-order valence-electron chi connectivity index (χ4n) is 2.30. The second-order valence-corrected chi connectivity index (χ2v) is 4.40. The van der Waals surface area contributed by atoms with E-state index in [0.29, 0.717) is 12.1 Å². The van der Waals surface area contributed by atoms with E-state index in [2.05, 4.69) is 5.32 Å². The number of nitrogens with zero attached hydrogens (tertiary/aromatic N) is 1. The zero-order valence-corrected chi connectivity index (χ0v) is 10.2. The molecule has 0 amide bonds. The molecule has 1 N–H and O–H groups in total. The van der Waals surface area contributed by atoms with E-state index in [4.69, 9.17) is 0 Å². The number of nitrogens with one attached hydrogen (secondary N) is 1. The molecule has 0 aromatic heterocycles. The Morgan fingerprint density at radius 1 is 1.00 bits per heavy atom. The van der Waals surface area contributed by atoms with Gasteiger partial charge in [0.25, 0.3) is 5.70 Å². The summed E-state index contributed by atoms with van der Waals surface area (Å²) in [6.07, 6.45) is 0.373. The number of hydrogen-bond acceptors (Lipinski definition) is 3. The number of allylic oxidation sites excluding steroid dienone is 1. The van der Waals surface area contributed by atoms with Gasteiger partial charge in [-0.2, -0.15) is 0 Å². The highest BCUT2D eigenvalue weighted by Crippen LogP contribution is 2.33. The minimum absolute atomic E-state index is 0.227. The van der Waals surface area contributed by atoms with Gasteiger partial charge in [0.05, 0.1) is 11.3 Å². The van der Waals surface area contributed by atoms with Crippen molar-refractivity contribution in [2.75, 3.05) is 5.32 Å². The lowest BCUT2D eigenvalue weighted by atomic mass is 10.1. The first-order valence-electron chi connectivity index (χ1n) is 6.03. The third-order valence-electron chi connectivity index (χ3n) is 3.20. The van der Waals surface area contributed by atoms with Crippen molar-refractivity contribution in [2.45, 2.75) is 6.42 Å². The molecule has 0 bridgehead atoms. The van der Waals surface area contributed by atoms with E-state index in [1.165, 1.54) is 0 Å². The van der Waals surface area contributed by atoms with Gasteiger partial charge in [-0.05, 0) is 17.7 Å². The molecule has 0 unspecified atom stereocenters. The van der Waals surface area contributed by atoms with Crippen LogP contribution in [-0.4, -0.2) is 4.92 Å². The third kappa shape index (κ3) is 2.08. The van der Waals surface area contributed by atoms with Crippen molar-refractivity contribution in [1.82, 2.24) is 0 Å².